The van der Waals surface area contributed by atoms with E-state index in [1.165, 1.54) is 6.07 Å². The number of H-pyrrole nitrogens is 1. The number of phenolic OH excluding ortho intramolecular Hbond substituents is 1. The summed E-state index contributed by atoms with van der Waals surface area (Å²) in [5.41, 5.74) is 2.45. The number of carbonyl (C=O) groups is 1. The Morgan fingerprint density at radius 2 is 2.26 bits per heavy atom. The minimum absolute atomic E-state index is 0.00299. The van der Waals surface area contributed by atoms with Gasteiger partial charge in [-0.3, -0.25) is 9.89 Å². The van der Waals surface area contributed by atoms with E-state index in [9.17, 15) is 9.90 Å². The molecule has 1 atom stereocenters. The van der Waals surface area contributed by atoms with Crippen molar-refractivity contribution in [2.24, 2.45) is 0 Å². The van der Waals surface area contributed by atoms with E-state index in [0.717, 1.165) is 30.5 Å². The average Bonchev–Trinajstić information content (AvgIpc) is 2.88. The predicted molar refractivity (Wildman–Crippen MR) is 69.8 cm³/mol. The number of phenols is 1. The molecule has 0 spiro atoms. The number of nitrogens with one attached hydrogen (secondary N) is 2. The Bertz CT molecular complexity index is 606. The molecule has 2 aromatic rings. The van der Waals surface area contributed by atoms with E-state index in [4.69, 9.17) is 0 Å². The number of rotatable bonds is 2. The van der Waals surface area contributed by atoms with Crippen LogP contribution in [0.25, 0.3) is 0 Å². The second kappa shape index (κ2) is 4.76. The molecule has 98 valence electrons. The Morgan fingerprint density at radius 1 is 1.42 bits per heavy atom. The van der Waals surface area contributed by atoms with E-state index in [2.05, 4.69) is 15.5 Å². The zero-order valence-electron chi connectivity index (χ0n) is 10.4. The monoisotopic (exact) mass is 257 g/mol. The summed E-state index contributed by atoms with van der Waals surface area (Å²) < 4.78 is 0. The van der Waals surface area contributed by atoms with E-state index < -0.39 is 0 Å². The first-order valence-corrected chi connectivity index (χ1v) is 6.36. The summed E-state index contributed by atoms with van der Waals surface area (Å²) in [6.45, 7) is 0. The van der Waals surface area contributed by atoms with Crippen LogP contribution in [0, 0.1) is 0 Å². The summed E-state index contributed by atoms with van der Waals surface area (Å²) in [4.78, 5) is 12.2. The highest BCUT2D eigenvalue weighted by molar-refractivity contribution is 5.97. The third-order valence-electron chi connectivity index (χ3n) is 3.50. The molecule has 1 aliphatic rings. The minimum Gasteiger partial charge on any atom is -0.507 e. The summed E-state index contributed by atoms with van der Waals surface area (Å²) in [6.07, 6.45) is 4.65. The lowest BCUT2D eigenvalue weighted by Gasteiger charge is -2.23. The molecule has 3 N–H and O–H groups in total. The van der Waals surface area contributed by atoms with Crippen LogP contribution in [0.15, 0.2) is 30.5 Å². The summed E-state index contributed by atoms with van der Waals surface area (Å²) >= 11 is 0. The van der Waals surface area contributed by atoms with Crippen molar-refractivity contribution in [3.8, 4) is 5.75 Å². The number of aromatic nitrogens is 2. The fourth-order valence-electron chi connectivity index (χ4n) is 2.51. The van der Waals surface area contributed by atoms with Gasteiger partial charge in [0.25, 0.3) is 5.91 Å². The van der Waals surface area contributed by atoms with Crippen molar-refractivity contribution in [1.29, 1.82) is 0 Å². The molecule has 1 unspecified atom stereocenters. The van der Waals surface area contributed by atoms with Crippen molar-refractivity contribution < 1.29 is 9.90 Å². The van der Waals surface area contributed by atoms with Crippen molar-refractivity contribution in [1.82, 2.24) is 15.5 Å². The topological polar surface area (TPSA) is 78.0 Å². The van der Waals surface area contributed by atoms with Crippen LogP contribution in [0.1, 0.15) is 40.5 Å². The second-order valence-corrected chi connectivity index (χ2v) is 4.74. The normalized spacial score (nSPS) is 17.8. The lowest BCUT2D eigenvalue weighted by atomic mass is 9.93. The highest BCUT2D eigenvalue weighted by Gasteiger charge is 2.24. The van der Waals surface area contributed by atoms with Crippen LogP contribution in [-0.2, 0) is 6.42 Å². The number of para-hydroxylation sites is 1. The first kappa shape index (κ1) is 11.8. The molecule has 1 heterocycles. The Balaban J connectivity index is 1.80. The fourth-order valence-corrected chi connectivity index (χ4v) is 2.51. The van der Waals surface area contributed by atoms with Gasteiger partial charge >= 0.3 is 0 Å². The maximum Gasteiger partial charge on any atom is 0.255 e. The number of benzene rings is 1. The van der Waals surface area contributed by atoms with Crippen LogP contribution in [0.5, 0.6) is 5.75 Å². The van der Waals surface area contributed by atoms with Crippen molar-refractivity contribution in [3.63, 3.8) is 0 Å². The smallest absolute Gasteiger partial charge is 0.255 e. The minimum atomic E-state index is -0.253. The third-order valence-corrected chi connectivity index (χ3v) is 3.50. The molecule has 5 nitrogen and oxygen atoms in total. The van der Waals surface area contributed by atoms with E-state index in [0.29, 0.717) is 5.56 Å². The van der Waals surface area contributed by atoms with E-state index in [1.807, 2.05) is 0 Å². The molecule has 0 radical (unpaired) electrons. The van der Waals surface area contributed by atoms with Gasteiger partial charge in [0.15, 0.2) is 0 Å². The number of aromatic amines is 1. The molecule has 0 saturated carbocycles. The largest absolute Gasteiger partial charge is 0.507 e. The molecule has 1 aromatic carbocycles. The fraction of sp³-hybridized carbons (Fsp3) is 0.286. The first-order valence-electron chi connectivity index (χ1n) is 6.36. The molecule has 1 aliphatic carbocycles. The highest BCUT2D eigenvalue weighted by Crippen LogP contribution is 2.28. The van der Waals surface area contributed by atoms with Crippen LogP contribution in [-0.4, -0.2) is 21.2 Å². The molecule has 3 rings (SSSR count). The molecule has 0 aliphatic heterocycles. The van der Waals surface area contributed by atoms with Crippen LogP contribution < -0.4 is 5.32 Å². The van der Waals surface area contributed by atoms with Gasteiger partial charge in [-0.05, 0) is 31.4 Å². The summed E-state index contributed by atoms with van der Waals surface area (Å²) in [6, 6.07) is 6.53. The Kier molecular flexibility index (Phi) is 2.95. The van der Waals surface area contributed by atoms with Crippen molar-refractivity contribution >= 4 is 5.91 Å². The highest BCUT2D eigenvalue weighted by atomic mass is 16.3. The van der Waals surface area contributed by atoms with Gasteiger partial charge in [0.05, 0.1) is 17.8 Å². The van der Waals surface area contributed by atoms with Gasteiger partial charge in [-0.25, -0.2) is 0 Å². The summed E-state index contributed by atoms with van der Waals surface area (Å²) in [5.74, 6) is -0.250. The number of aromatic hydroxyl groups is 1. The lowest BCUT2D eigenvalue weighted by Crippen LogP contribution is -2.30. The SMILES string of the molecule is O=C(NC1CCCc2[nH]ncc21)c1ccccc1O. The van der Waals surface area contributed by atoms with Gasteiger partial charge < -0.3 is 10.4 Å². The van der Waals surface area contributed by atoms with E-state index in [-0.39, 0.29) is 17.7 Å². The van der Waals surface area contributed by atoms with Gasteiger partial charge in [0, 0.05) is 11.3 Å². The molecule has 1 aromatic heterocycles. The maximum atomic E-state index is 12.2. The Labute approximate surface area is 110 Å². The molecule has 0 bridgehead atoms. The number of hydrogen-bond donors (Lipinski definition) is 3. The molecule has 19 heavy (non-hydrogen) atoms. The van der Waals surface area contributed by atoms with Crippen molar-refractivity contribution in [2.75, 3.05) is 0 Å². The molecule has 5 heteroatoms. The third kappa shape index (κ3) is 2.19. The van der Waals surface area contributed by atoms with Crippen LogP contribution in [0.2, 0.25) is 0 Å². The number of carbonyl (C=O) groups excluding carboxylic acids is 1. The van der Waals surface area contributed by atoms with Crippen LogP contribution in [0.3, 0.4) is 0 Å². The van der Waals surface area contributed by atoms with Gasteiger partial charge in [0.1, 0.15) is 5.75 Å². The Hall–Kier alpha value is -2.30. The van der Waals surface area contributed by atoms with Gasteiger partial charge in [-0.1, -0.05) is 12.1 Å². The summed E-state index contributed by atoms with van der Waals surface area (Å²) in [5, 5.41) is 19.6. The summed E-state index contributed by atoms with van der Waals surface area (Å²) in [7, 11) is 0. The molecule has 1 amide bonds. The lowest BCUT2D eigenvalue weighted by molar-refractivity contribution is 0.0930. The zero-order valence-corrected chi connectivity index (χ0v) is 10.4. The molecular weight excluding hydrogens is 242 g/mol. The zero-order chi connectivity index (χ0) is 13.2. The van der Waals surface area contributed by atoms with Crippen LogP contribution >= 0.6 is 0 Å². The quantitative estimate of drug-likeness (QED) is 0.769. The Morgan fingerprint density at radius 3 is 3.11 bits per heavy atom. The van der Waals surface area contributed by atoms with E-state index in [1.54, 1.807) is 24.4 Å². The molecular formula is C14H15N3O2. The van der Waals surface area contributed by atoms with Gasteiger partial charge in [-0.2, -0.15) is 5.10 Å². The predicted octanol–water partition coefficient (Wildman–Crippen LogP) is 1.92. The number of amides is 1. The molecule has 0 saturated heterocycles. The maximum absolute atomic E-state index is 12.2. The number of hydrogen-bond acceptors (Lipinski definition) is 3. The van der Waals surface area contributed by atoms with Gasteiger partial charge in [0.2, 0.25) is 0 Å². The number of nitrogens with zero attached hydrogens (tertiary/aromatic N) is 1. The average molecular weight is 257 g/mol. The second-order valence-electron chi connectivity index (χ2n) is 4.74. The number of aryl methyl sites for hydroxylation is 1. The molecule has 0 fully saturated rings. The van der Waals surface area contributed by atoms with Gasteiger partial charge in [-0.15, -0.1) is 0 Å². The van der Waals surface area contributed by atoms with Crippen molar-refractivity contribution in [2.45, 2.75) is 25.3 Å². The standard InChI is InChI=1S/C14H15N3O2/c18-13-7-2-1-4-9(13)14(19)16-11-5-3-6-12-10(11)8-15-17-12/h1-2,4,7-8,11,18H,3,5-6H2,(H,15,17)(H,16,19). The van der Waals surface area contributed by atoms with Crippen molar-refractivity contribution in [3.05, 3.63) is 47.3 Å². The first-order chi connectivity index (χ1) is 9.25. The number of fused-ring (bicyclic) bond motifs is 1. The van der Waals surface area contributed by atoms with Crippen LogP contribution in [0.4, 0.5) is 0 Å². The van der Waals surface area contributed by atoms with E-state index >= 15 is 0 Å².